The minimum absolute atomic E-state index is 0.104. The molecule has 1 unspecified atom stereocenters. The summed E-state index contributed by atoms with van der Waals surface area (Å²) in [7, 11) is -4.28. The maximum atomic E-state index is 15.1. The molecule has 1 saturated heterocycles. The molecular formula is C34H37F3N6O5S. The van der Waals surface area contributed by atoms with E-state index < -0.39 is 45.5 Å². The standard InChI is InChI=1S/C34H37F3N6O5S/c1-20-9-10-23-24(11-12-26(35)28(23)42-49(45,46)19-21-17-34(21,36)37)29(20)47-30-25(8-5-14-38-30)27-13-15-39-31(41-27)40-22-7-6-16-43(18-22)32(44)48-33(2,3)4/h5,8-15,21-22,42H,6-7,16-19H2,1-4H3,(H,39,40,41)/t21?,22-/m0/s1. The number of rotatable bonds is 9. The molecule has 4 aromatic rings. The van der Waals surface area contributed by atoms with Gasteiger partial charge >= 0.3 is 6.09 Å². The number of aromatic nitrogens is 3. The van der Waals surface area contributed by atoms with Gasteiger partial charge in [-0.05, 0) is 76.4 Å². The van der Waals surface area contributed by atoms with Crippen molar-refractivity contribution in [3.05, 3.63) is 66.2 Å². The molecule has 260 valence electrons. The molecule has 2 atom stereocenters. The molecule has 1 saturated carbocycles. The summed E-state index contributed by atoms with van der Waals surface area (Å²) in [6, 6.07) is 10.8. The Kier molecular flexibility index (Phi) is 9.07. The Morgan fingerprint density at radius 3 is 2.57 bits per heavy atom. The van der Waals surface area contributed by atoms with E-state index in [1.165, 1.54) is 6.07 Å². The molecule has 0 radical (unpaired) electrons. The number of aryl methyl sites for hydroxylation is 1. The molecule has 3 heterocycles. The van der Waals surface area contributed by atoms with Crippen molar-refractivity contribution in [2.45, 2.75) is 64.5 Å². The van der Waals surface area contributed by atoms with Gasteiger partial charge in [0.2, 0.25) is 21.9 Å². The number of nitrogens with zero attached hydrogens (tertiary/aromatic N) is 4. The number of hydrogen-bond acceptors (Lipinski definition) is 9. The van der Waals surface area contributed by atoms with Gasteiger partial charge in [-0.25, -0.2) is 41.3 Å². The van der Waals surface area contributed by atoms with Crippen LogP contribution in [-0.2, 0) is 14.8 Å². The number of pyridine rings is 1. The van der Waals surface area contributed by atoms with Gasteiger partial charge in [-0.15, -0.1) is 0 Å². The van der Waals surface area contributed by atoms with Gasteiger partial charge in [0.1, 0.15) is 17.2 Å². The van der Waals surface area contributed by atoms with Gasteiger partial charge in [-0.1, -0.05) is 12.1 Å². The summed E-state index contributed by atoms with van der Waals surface area (Å²) in [5.41, 5.74) is 0.717. The summed E-state index contributed by atoms with van der Waals surface area (Å²) in [6.07, 6.45) is 3.83. The van der Waals surface area contributed by atoms with Crippen LogP contribution in [0.4, 0.5) is 29.6 Å². The van der Waals surface area contributed by atoms with Crippen LogP contribution < -0.4 is 14.8 Å². The second-order valence-corrected chi connectivity index (χ2v) is 15.2. The maximum absolute atomic E-state index is 15.1. The minimum Gasteiger partial charge on any atom is -0.444 e. The highest BCUT2D eigenvalue weighted by Gasteiger charge is 2.58. The third kappa shape index (κ3) is 7.98. The van der Waals surface area contributed by atoms with Gasteiger partial charge in [0.05, 0.1) is 22.7 Å². The molecule has 1 amide bonds. The Labute approximate surface area is 282 Å². The number of piperidine rings is 1. The van der Waals surface area contributed by atoms with E-state index in [9.17, 15) is 22.0 Å². The fourth-order valence-electron chi connectivity index (χ4n) is 5.72. The largest absolute Gasteiger partial charge is 0.444 e. The first-order valence-corrected chi connectivity index (χ1v) is 17.5. The molecule has 0 bridgehead atoms. The molecule has 6 rings (SSSR count). The second kappa shape index (κ2) is 13.0. The highest BCUT2D eigenvalue weighted by Crippen LogP contribution is 2.49. The topological polar surface area (TPSA) is 136 Å². The van der Waals surface area contributed by atoms with Crippen molar-refractivity contribution >= 4 is 38.5 Å². The Morgan fingerprint density at radius 1 is 1.08 bits per heavy atom. The van der Waals surface area contributed by atoms with Crippen molar-refractivity contribution in [2.24, 2.45) is 5.92 Å². The van der Waals surface area contributed by atoms with E-state index in [0.29, 0.717) is 47.0 Å². The van der Waals surface area contributed by atoms with Crippen LogP contribution in [0.5, 0.6) is 11.6 Å². The fourth-order valence-corrected chi connectivity index (χ4v) is 7.22. The number of halogens is 3. The predicted molar refractivity (Wildman–Crippen MR) is 179 cm³/mol. The maximum Gasteiger partial charge on any atom is 0.410 e. The Balaban J connectivity index is 1.25. The van der Waals surface area contributed by atoms with Crippen LogP contribution in [0.15, 0.2) is 54.9 Å². The van der Waals surface area contributed by atoms with E-state index in [0.717, 1.165) is 18.9 Å². The molecule has 11 nitrogen and oxygen atoms in total. The van der Waals surface area contributed by atoms with Crippen molar-refractivity contribution in [3.8, 4) is 22.9 Å². The Hall–Kier alpha value is -4.66. The number of benzene rings is 2. The monoisotopic (exact) mass is 698 g/mol. The molecule has 15 heteroatoms. The summed E-state index contributed by atoms with van der Waals surface area (Å²) < 4.78 is 81.5. The number of alkyl halides is 2. The van der Waals surface area contributed by atoms with Gasteiger partial charge < -0.3 is 19.7 Å². The van der Waals surface area contributed by atoms with E-state index in [-0.39, 0.29) is 29.1 Å². The number of amides is 1. The summed E-state index contributed by atoms with van der Waals surface area (Å²) >= 11 is 0. The molecule has 49 heavy (non-hydrogen) atoms. The lowest BCUT2D eigenvalue weighted by atomic mass is 10.0. The zero-order valence-electron chi connectivity index (χ0n) is 27.5. The van der Waals surface area contributed by atoms with Crippen LogP contribution in [-0.4, -0.2) is 70.8 Å². The van der Waals surface area contributed by atoms with Crippen molar-refractivity contribution in [1.29, 1.82) is 0 Å². The third-order valence-corrected chi connectivity index (χ3v) is 9.60. The van der Waals surface area contributed by atoms with Gasteiger partial charge in [0, 0.05) is 54.6 Å². The Bertz CT molecular complexity index is 2010. The number of likely N-dealkylation sites (tertiary alicyclic amines) is 1. The number of carbonyl (C=O) groups excluding carboxylic acids is 1. The zero-order chi connectivity index (χ0) is 35.1. The van der Waals surface area contributed by atoms with Crippen molar-refractivity contribution < 1.29 is 35.9 Å². The van der Waals surface area contributed by atoms with Gasteiger partial charge in [-0.3, -0.25) is 4.72 Å². The first-order valence-electron chi connectivity index (χ1n) is 15.9. The van der Waals surface area contributed by atoms with Crippen LogP contribution >= 0.6 is 0 Å². The van der Waals surface area contributed by atoms with Gasteiger partial charge in [0.25, 0.3) is 5.92 Å². The van der Waals surface area contributed by atoms with E-state index in [4.69, 9.17) is 14.5 Å². The smallest absolute Gasteiger partial charge is 0.410 e. The quantitative estimate of drug-likeness (QED) is 0.187. The number of nitrogens with one attached hydrogen (secondary N) is 2. The third-order valence-electron chi connectivity index (χ3n) is 8.24. The van der Waals surface area contributed by atoms with Gasteiger partial charge in [0.15, 0.2) is 0 Å². The Morgan fingerprint density at radius 2 is 1.84 bits per heavy atom. The summed E-state index contributed by atoms with van der Waals surface area (Å²) in [5.74, 6) is -5.20. The van der Waals surface area contributed by atoms with E-state index in [2.05, 4.69) is 20.0 Å². The van der Waals surface area contributed by atoms with Crippen LogP contribution in [0.3, 0.4) is 0 Å². The van der Waals surface area contributed by atoms with Crippen LogP contribution in [0.1, 0.15) is 45.6 Å². The van der Waals surface area contributed by atoms with Crippen LogP contribution in [0.25, 0.3) is 22.0 Å². The van der Waals surface area contributed by atoms with Crippen LogP contribution in [0, 0.1) is 18.7 Å². The average Bonchev–Trinajstić information content (AvgIpc) is 3.63. The number of fused-ring (bicyclic) bond motifs is 1. The lowest BCUT2D eigenvalue weighted by Crippen LogP contribution is -2.47. The lowest BCUT2D eigenvalue weighted by molar-refractivity contribution is 0.0206. The molecule has 2 N–H and O–H groups in total. The molecule has 2 fully saturated rings. The highest BCUT2D eigenvalue weighted by atomic mass is 32.2. The average molecular weight is 699 g/mol. The molecular weight excluding hydrogens is 661 g/mol. The summed E-state index contributed by atoms with van der Waals surface area (Å²) in [4.78, 5) is 27.8. The number of carbonyl (C=O) groups is 1. The number of sulfonamides is 1. The highest BCUT2D eigenvalue weighted by molar-refractivity contribution is 7.92. The van der Waals surface area contributed by atoms with Gasteiger partial charge in [-0.2, -0.15) is 0 Å². The summed E-state index contributed by atoms with van der Waals surface area (Å²) in [6.45, 7) is 8.28. The minimum atomic E-state index is -4.28. The molecule has 2 aromatic carbocycles. The van der Waals surface area contributed by atoms with Crippen molar-refractivity contribution in [2.75, 3.05) is 28.9 Å². The van der Waals surface area contributed by atoms with E-state index >= 15 is 4.39 Å². The number of anilines is 2. The SMILES string of the molecule is Cc1ccc2c(NS(=O)(=O)CC3CC3(F)F)c(F)ccc2c1Oc1ncccc1-c1ccnc(N[C@H]2CCCN(C(=O)OC(C)(C)C)C2)n1. The first kappa shape index (κ1) is 34.2. The molecule has 2 aromatic heterocycles. The summed E-state index contributed by atoms with van der Waals surface area (Å²) in [5, 5.41) is 3.89. The second-order valence-electron chi connectivity index (χ2n) is 13.4. The normalized spacial score (nSPS) is 19.0. The fraction of sp³-hybridized carbons (Fsp3) is 0.412. The lowest BCUT2D eigenvalue weighted by Gasteiger charge is -2.34. The van der Waals surface area contributed by atoms with E-state index in [1.54, 1.807) is 54.5 Å². The van der Waals surface area contributed by atoms with E-state index in [1.807, 2.05) is 20.8 Å². The molecule has 1 aliphatic heterocycles. The predicted octanol–water partition coefficient (Wildman–Crippen LogP) is 7.14. The van der Waals surface area contributed by atoms with Crippen molar-refractivity contribution in [1.82, 2.24) is 19.9 Å². The number of hydrogen-bond donors (Lipinski definition) is 2. The van der Waals surface area contributed by atoms with Crippen LogP contribution in [0.2, 0.25) is 0 Å². The zero-order valence-corrected chi connectivity index (χ0v) is 28.3. The van der Waals surface area contributed by atoms with Crippen molar-refractivity contribution in [3.63, 3.8) is 0 Å². The molecule has 0 spiro atoms. The molecule has 1 aliphatic carbocycles. The molecule has 2 aliphatic rings. The first-order chi connectivity index (χ1) is 23.1. The number of ether oxygens (including phenoxy) is 2.